The van der Waals surface area contributed by atoms with E-state index >= 15 is 0 Å². The molecule has 2 saturated heterocycles. The van der Waals surface area contributed by atoms with E-state index in [9.17, 15) is 18.0 Å². The van der Waals surface area contributed by atoms with Gasteiger partial charge in [0.05, 0.1) is 5.41 Å². The van der Waals surface area contributed by atoms with Gasteiger partial charge >= 0.3 is 6.36 Å². The van der Waals surface area contributed by atoms with Gasteiger partial charge in [-0.25, -0.2) is 0 Å². The van der Waals surface area contributed by atoms with Gasteiger partial charge in [-0.2, -0.15) is 0 Å². The van der Waals surface area contributed by atoms with Gasteiger partial charge in [-0.1, -0.05) is 30.3 Å². The van der Waals surface area contributed by atoms with Crippen LogP contribution in [0.2, 0.25) is 0 Å². The average molecular weight is 404 g/mol. The first-order valence-electron chi connectivity index (χ1n) is 9.79. The lowest BCUT2D eigenvalue weighted by Crippen LogP contribution is -2.44. The van der Waals surface area contributed by atoms with Crippen LogP contribution in [0.25, 0.3) is 0 Å². The third kappa shape index (κ3) is 4.40. The molecule has 0 radical (unpaired) electrons. The van der Waals surface area contributed by atoms with Crippen molar-refractivity contribution < 1.29 is 22.7 Å². The molecule has 1 spiro atoms. The second-order valence-corrected chi connectivity index (χ2v) is 7.79. The molecular formula is C22H23F3N2O2. The number of amides is 1. The molecule has 154 valence electrons. The Labute approximate surface area is 167 Å². The predicted octanol–water partition coefficient (Wildman–Crippen LogP) is 4.60. The molecule has 2 aromatic carbocycles. The first kappa shape index (κ1) is 19.8. The van der Waals surface area contributed by atoms with E-state index < -0.39 is 6.36 Å². The predicted molar refractivity (Wildman–Crippen MR) is 103 cm³/mol. The lowest BCUT2D eigenvalue weighted by Gasteiger charge is -2.38. The summed E-state index contributed by atoms with van der Waals surface area (Å²) in [6.45, 7) is 3.21. The Morgan fingerprint density at radius 1 is 0.897 bits per heavy atom. The van der Waals surface area contributed by atoms with Crippen molar-refractivity contribution in [1.29, 1.82) is 0 Å². The average Bonchev–Trinajstić information content (AvgIpc) is 3.00. The molecule has 0 N–H and O–H groups in total. The summed E-state index contributed by atoms with van der Waals surface area (Å²) in [6, 6.07) is 15.8. The Morgan fingerprint density at radius 2 is 1.52 bits per heavy atom. The molecule has 2 aliphatic rings. The summed E-state index contributed by atoms with van der Waals surface area (Å²) in [5.41, 5.74) is 1.53. The third-order valence-corrected chi connectivity index (χ3v) is 5.96. The largest absolute Gasteiger partial charge is 0.573 e. The number of benzene rings is 2. The second-order valence-electron chi connectivity index (χ2n) is 7.79. The minimum atomic E-state index is -4.72. The first-order chi connectivity index (χ1) is 13.8. The quantitative estimate of drug-likeness (QED) is 0.747. The number of carbonyl (C=O) groups is 1. The molecule has 0 bridgehead atoms. The molecule has 4 rings (SSSR count). The molecule has 0 aliphatic carbocycles. The number of halogens is 3. The number of likely N-dealkylation sites (tertiary alicyclic amines) is 1. The maximum Gasteiger partial charge on any atom is 0.573 e. The summed E-state index contributed by atoms with van der Waals surface area (Å²) in [5.74, 6) is -0.196. The number of hydrogen-bond acceptors (Lipinski definition) is 3. The molecule has 2 fully saturated rings. The van der Waals surface area contributed by atoms with E-state index in [1.165, 1.54) is 29.8 Å². The van der Waals surface area contributed by atoms with Crippen LogP contribution in [0.3, 0.4) is 0 Å². The number of rotatable bonds is 4. The van der Waals surface area contributed by atoms with Crippen molar-refractivity contribution >= 4 is 11.6 Å². The van der Waals surface area contributed by atoms with Crippen LogP contribution in [-0.2, 0) is 11.3 Å². The normalized spacial score (nSPS) is 19.7. The Hall–Kier alpha value is -2.54. The van der Waals surface area contributed by atoms with Gasteiger partial charge in [0.2, 0.25) is 5.91 Å². The van der Waals surface area contributed by atoms with E-state index in [2.05, 4.69) is 21.8 Å². The van der Waals surface area contributed by atoms with Crippen LogP contribution >= 0.6 is 0 Å². The number of anilines is 1. The minimum Gasteiger partial charge on any atom is -0.406 e. The Bertz CT molecular complexity index is 845. The number of nitrogens with zero attached hydrogens (tertiary/aromatic N) is 2. The maximum atomic E-state index is 13.2. The Morgan fingerprint density at radius 3 is 2.14 bits per heavy atom. The van der Waals surface area contributed by atoms with Gasteiger partial charge in [-0.3, -0.25) is 9.69 Å². The highest BCUT2D eigenvalue weighted by atomic mass is 19.4. The smallest absolute Gasteiger partial charge is 0.406 e. The highest BCUT2D eigenvalue weighted by Gasteiger charge is 2.48. The summed E-state index contributed by atoms with van der Waals surface area (Å²) < 4.78 is 40.9. The lowest BCUT2D eigenvalue weighted by molar-refractivity contribution is -0.274. The summed E-state index contributed by atoms with van der Waals surface area (Å²) in [4.78, 5) is 17.2. The number of carbonyl (C=O) groups excluding carboxylic acids is 1. The molecule has 2 aliphatic heterocycles. The Kier molecular flexibility index (Phi) is 5.25. The summed E-state index contributed by atoms with van der Waals surface area (Å²) in [7, 11) is 0. The van der Waals surface area contributed by atoms with E-state index in [-0.39, 0.29) is 17.1 Å². The van der Waals surface area contributed by atoms with Crippen LogP contribution in [0.15, 0.2) is 54.6 Å². The monoisotopic (exact) mass is 404 g/mol. The molecular weight excluding hydrogens is 381 g/mol. The standard InChI is InChI=1S/C22H23F3N2O2/c23-22(24,25)29-19-8-6-18(7-9-19)27-15-12-21(20(27)28)10-13-26(14-11-21)16-17-4-2-1-3-5-17/h1-9H,10-16H2. The summed E-state index contributed by atoms with van der Waals surface area (Å²) in [5, 5.41) is 0. The molecule has 2 heterocycles. The fourth-order valence-electron chi connectivity index (χ4n) is 4.34. The van der Waals surface area contributed by atoms with Crippen molar-refractivity contribution in [3.63, 3.8) is 0 Å². The van der Waals surface area contributed by atoms with Gasteiger partial charge in [-0.15, -0.1) is 13.2 Å². The van der Waals surface area contributed by atoms with Gasteiger partial charge in [0.25, 0.3) is 0 Å². The Balaban J connectivity index is 1.38. The zero-order valence-corrected chi connectivity index (χ0v) is 16.0. The third-order valence-electron chi connectivity index (χ3n) is 5.96. The molecule has 0 unspecified atom stereocenters. The van der Waals surface area contributed by atoms with Crippen LogP contribution in [0.5, 0.6) is 5.75 Å². The van der Waals surface area contributed by atoms with Gasteiger partial charge < -0.3 is 9.64 Å². The van der Waals surface area contributed by atoms with Crippen molar-refractivity contribution in [3.8, 4) is 5.75 Å². The number of hydrogen-bond donors (Lipinski definition) is 0. The lowest BCUT2D eigenvalue weighted by atomic mass is 9.77. The molecule has 29 heavy (non-hydrogen) atoms. The van der Waals surface area contributed by atoms with Crippen LogP contribution in [0.4, 0.5) is 18.9 Å². The second kappa shape index (κ2) is 7.71. The van der Waals surface area contributed by atoms with E-state index in [1.807, 2.05) is 18.2 Å². The van der Waals surface area contributed by atoms with Crippen LogP contribution in [0.1, 0.15) is 24.8 Å². The van der Waals surface area contributed by atoms with Crippen molar-refractivity contribution in [2.75, 3.05) is 24.5 Å². The van der Waals surface area contributed by atoms with Gasteiger partial charge in [0.15, 0.2) is 0 Å². The topological polar surface area (TPSA) is 32.8 Å². The van der Waals surface area contributed by atoms with Crippen LogP contribution in [0, 0.1) is 5.41 Å². The molecule has 0 atom stereocenters. The zero-order valence-electron chi connectivity index (χ0n) is 16.0. The van der Waals surface area contributed by atoms with Gasteiger partial charge in [0.1, 0.15) is 5.75 Å². The van der Waals surface area contributed by atoms with E-state index in [4.69, 9.17) is 0 Å². The highest BCUT2D eigenvalue weighted by Crippen LogP contribution is 2.43. The van der Waals surface area contributed by atoms with Crippen molar-refractivity contribution in [2.45, 2.75) is 32.2 Å². The first-order valence-corrected chi connectivity index (χ1v) is 9.79. The van der Waals surface area contributed by atoms with Crippen molar-refractivity contribution in [3.05, 3.63) is 60.2 Å². The fraction of sp³-hybridized carbons (Fsp3) is 0.409. The fourth-order valence-corrected chi connectivity index (χ4v) is 4.34. The SMILES string of the molecule is O=C1N(c2ccc(OC(F)(F)F)cc2)CCC12CCN(Cc1ccccc1)CC2. The van der Waals surface area contributed by atoms with Gasteiger partial charge in [-0.05, 0) is 62.2 Å². The molecule has 4 nitrogen and oxygen atoms in total. The van der Waals surface area contributed by atoms with E-state index in [1.54, 1.807) is 4.90 Å². The number of alkyl halides is 3. The van der Waals surface area contributed by atoms with E-state index in [0.29, 0.717) is 12.2 Å². The molecule has 0 saturated carbocycles. The summed E-state index contributed by atoms with van der Waals surface area (Å²) in [6.07, 6.45) is -2.32. The minimum absolute atomic E-state index is 0.0846. The van der Waals surface area contributed by atoms with Crippen LogP contribution < -0.4 is 9.64 Å². The van der Waals surface area contributed by atoms with Crippen molar-refractivity contribution in [1.82, 2.24) is 4.90 Å². The van der Waals surface area contributed by atoms with Gasteiger partial charge in [0, 0.05) is 18.8 Å². The summed E-state index contributed by atoms with van der Waals surface area (Å²) >= 11 is 0. The molecule has 7 heteroatoms. The number of ether oxygens (including phenoxy) is 1. The molecule has 1 amide bonds. The van der Waals surface area contributed by atoms with Crippen LogP contribution in [-0.4, -0.2) is 36.8 Å². The molecule has 2 aromatic rings. The zero-order chi connectivity index (χ0) is 20.5. The van der Waals surface area contributed by atoms with Crippen molar-refractivity contribution in [2.24, 2.45) is 5.41 Å². The molecule has 0 aromatic heterocycles. The number of piperidine rings is 1. The maximum absolute atomic E-state index is 13.2. The highest BCUT2D eigenvalue weighted by molar-refractivity contribution is 6.00. The van der Waals surface area contributed by atoms with E-state index in [0.717, 1.165) is 38.9 Å².